The van der Waals surface area contributed by atoms with Crippen LogP contribution < -0.4 is 25.6 Å². The number of hydrogen-bond acceptors (Lipinski definition) is 8. The number of aromatic nitrogens is 6. The molecule has 1 aliphatic heterocycles. The maximum absolute atomic E-state index is 14.9. The van der Waals surface area contributed by atoms with Gasteiger partial charge in [-0.25, -0.2) is 28.1 Å². The molecule has 4 aromatic heterocycles. The molecule has 11 nitrogen and oxygen atoms in total. The maximum Gasteiger partial charge on any atom is 0.573 e. The van der Waals surface area contributed by atoms with Crippen LogP contribution in [0.2, 0.25) is 0 Å². The van der Waals surface area contributed by atoms with Gasteiger partial charge in [-0.1, -0.05) is 0 Å². The number of fused-ring (bicyclic) bond motifs is 1. The van der Waals surface area contributed by atoms with Crippen molar-refractivity contribution in [2.75, 3.05) is 18.0 Å². The highest BCUT2D eigenvalue weighted by molar-refractivity contribution is 5.71. The number of rotatable bonds is 5. The molecule has 1 N–H and O–H groups in total. The van der Waals surface area contributed by atoms with E-state index in [1.165, 1.54) is 34.1 Å². The second-order valence-electron chi connectivity index (χ2n) is 7.69. The van der Waals surface area contributed by atoms with Gasteiger partial charge in [-0.2, -0.15) is 0 Å². The number of anilines is 1. The third-order valence-corrected chi connectivity index (χ3v) is 5.20. The van der Waals surface area contributed by atoms with Crippen LogP contribution in [0.4, 0.5) is 27.6 Å². The van der Waals surface area contributed by atoms with Gasteiger partial charge >= 0.3 is 18.0 Å². The number of imidazole rings is 1. The highest BCUT2D eigenvalue weighted by atomic mass is 19.4. The fourth-order valence-electron chi connectivity index (χ4n) is 3.67. The second kappa shape index (κ2) is 8.31. The summed E-state index contributed by atoms with van der Waals surface area (Å²) in [6.45, 7) is -1.14. The van der Waals surface area contributed by atoms with E-state index in [-0.39, 0.29) is 29.6 Å². The van der Waals surface area contributed by atoms with E-state index in [4.69, 9.17) is 4.74 Å². The lowest BCUT2D eigenvalue weighted by atomic mass is 10.2. The predicted octanol–water partition coefficient (Wildman–Crippen LogP) is 1.76. The summed E-state index contributed by atoms with van der Waals surface area (Å²) >= 11 is 0. The Kier molecular flexibility index (Phi) is 5.37. The van der Waals surface area contributed by atoms with E-state index < -0.39 is 41.9 Å². The Hall–Kier alpha value is -4.50. The van der Waals surface area contributed by atoms with Crippen molar-refractivity contribution in [2.24, 2.45) is 0 Å². The van der Waals surface area contributed by atoms with Crippen LogP contribution in [0, 0.1) is 0 Å². The first-order valence-corrected chi connectivity index (χ1v) is 10.2. The lowest BCUT2D eigenvalue weighted by Crippen LogP contribution is -2.36. The zero-order valence-corrected chi connectivity index (χ0v) is 17.8. The summed E-state index contributed by atoms with van der Waals surface area (Å²) in [5.41, 5.74) is -0.974. The van der Waals surface area contributed by atoms with Gasteiger partial charge in [-0.05, 0) is 6.07 Å². The number of H-pyrrole nitrogens is 1. The number of alkyl halides is 5. The molecule has 188 valence electrons. The quantitative estimate of drug-likeness (QED) is 0.403. The Labute approximate surface area is 196 Å². The molecule has 5 heterocycles. The Bertz CT molecular complexity index is 1530. The van der Waals surface area contributed by atoms with E-state index in [9.17, 15) is 31.5 Å². The summed E-state index contributed by atoms with van der Waals surface area (Å²) < 4.78 is 78.0. The van der Waals surface area contributed by atoms with E-state index >= 15 is 0 Å². The molecule has 0 aromatic carbocycles. The molecular formula is C20H14F5N7O4. The predicted molar refractivity (Wildman–Crippen MR) is 112 cm³/mol. The van der Waals surface area contributed by atoms with Crippen LogP contribution in [0.25, 0.3) is 11.5 Å². The average Bonchev–Trinajstić information content (AvgIpc) is 3.37. The van der Waals surface area contributed by atoms with Crippen molar-refractivity contribution in [3.05, 3.63) is 69.9 Å². The van der Waals surface area contributed by atoms with Crippen molar-refractivity contribution >= 4 is 11.3 Å². The molecule has 1 fully saturated rings. The van der Waals surface area contributed by atoms with E-state index in [1.807, 2.05) is 0 Å². The zero-order valence-electron chi connectivity index (χ0n) is 17.8. The van der Waals surface area contributed by atoms with Crippen molar-refractivity contribution in [1.29, 1.82) is 0 Å². The van der Waals surface area contributed by atoms with Gasteiger partial charge in [0.15, 0.2) is 17.6 Å². The minimum atomic E-state index is -4.93. The molecular weight excluding hydrogens is 497 g/mol. The highest BCUT2D eigenvalue weighted by Crippen LogP contribution is 2.36. The number of nitrogens with one attached hydrogen (secondary N) is 1. The maximum atomic E-state index is 14.9. The molecule has 36 heavy (non-hydrogen) atoms. The summed E-state index contributed by atoms with van der Waals surface area (Å²) in [5, 5.41) is 4.23. The van der Waals surface area contributed by atoms with Gasteiger partial charge in [0.05, 0.1) is 25.0 Å². The molecule has 0 radical (unpaired) electrons. The van der Waals surface area contributed by atoms with Crippen molar-refractivity contribution in [3.8, 4) is 17.4 Å². The van der Waals surface area contributed by atoms with Crippen molar-refractivity contribution in [3.63, 3.8) is 0 Å². The van der Waals surface area contributed by atoms with Crippen LogP contribution in [0.5, 0.6) is 11.6 Å². The minimum Gasteiger partial charge on any atom is -0.466 e. The fraction of sp³-hybridized carbons (Fsp3) is 0.250. The molecule has 0 amide bonds. The average molecular weight is 511 g/mol. The van der Waals surface area contributed by atoms with Crippen molar-refractivity contribution in [2.45, 2.75) is 18.4 Å². The van der Waals surface area contributed by atoms with E-state index in [1.54, 1.807) is 0 Å². The molecule has 0 saturated carbocycles. The summed E-state index contributed by atoms with van der Waals surface area (Å²) in [5.74, 6) is -4.30. The minimum absolute atomic E-state index is 0.0337. The van der Waals surface area contributed by atoms with Gasteiger partial charge in [0.25, 0.3) is 5.56 Å². The van der Waals surface area contributed by atoms with Crippen molar-refractivity contribution in [1.82, 2.24) is 29.1 Å². The smallest absolute Gasteiger partial charge is 0.466 e. The standard InChI is InChI=1S/C20H14F5N7O4/c21-19(22)10-30(9-13(19)35-16-2-1-11(8-27-16)36-20(23,24)25)12-7-14(29-32-6-4-26-17(12)32)31-5-3-15(33)28-18(31)34/h1-8,13H,9-10H2,(H,28,33,34). The number of hydrogen-bond donors (Lipinski definition) is 1. The SMILES string of the molecule is O=c1ccn(-c2cc(N3CC(Oc4ccc(OC(F)(F)F)cn4)C(F)(F)C3)c3nccn3n2)c(=O)[nH]1. The van der Waals surface area contributed by atoms with Gasteiger partial charge in [-0.3, -0.25) is 14.3 Å². The summed E-state index contributed by atoms with van der Waals surface area (Å²) in [6.07, 6.45) is -1.89. The largest absolute Gasteiger partial charge is 0.573 e. The molecule has 16 heteroatoms. The Morgan fingerprint density at radius 3 is 2.61 bits per heavy atom. The summed E-state index contributed by atoms with van der Waals surface area (Å²) in [7, 11) is 0. The monoisotopic (exact) mass is 511 g/mol. The number of pyridine rings is 1. The molecule has 0 spiro atoms. The topological polar surface area (TPSA) is 120 Å². The molecule has 4 aromatic rings. The number of halogens is 5. The van der Waals surface area contributed by atoms with Gasteiger partial charge < -0.3 is 14.4 Å². The number of ether oxygens (including phenoxy) is 2. The molecule has 0 bridgehead atoms. The normalized spacial score (nSPS) is 17.5. The highest BCUT2D eigenvalue weighted by Gasteiger charge is 2.51. The Morgan fingerprint density at radius 1 is 1.11 bits per heavy atom. The first kappa shape index (κ1) is 23.3. The third kappa shape index (κ3) is 4.56. The van der Waals surface area contributed by atoms with Gasteiger partial charge in [0, 0.05) is 36.8 Å². The number of nitrogens with zero attached hydrogens (tertiary/aromatic N) is 6. The van der Waals surface area contributed by atoms with E-state index in [2.05, 4.69) is 24.8 Å². The third-order valence-electron chi connectivity index (χ3n) is 5.20. The summed E-state index contributed by atoms with van der Waals surface area (Å²) in [6, 6.07) is 4.35. The second-order valence-corrected chi connectivity index (χ2v) is 7.69. The van der Waals surface area contributed by atoms with Gasteiger partial charge in [0.1, 0.15) is 5.75 Å². The molecule has 5 rings (SSSR count). The summed E-state index contributed by atoms with van der Waals surface area (Å²) in [4.78, 5) is 34.7. The molecule has 0 aliphatic carbocycles. The number of aromatic amines is 1. The first-order chi connectivity index (χ1) is 17.0. The van der Waals surface area contributed by atoms with Crippen LogP contribution in [0.15, 0.2) is 58.6 Å². The van der Waals surface area contributed by atoms with Crippen molar-refractivity contribution < 1.29 is 31.4 Å². The van der Waals surface area contributed by atoms with Crippen LogP contribution in [0.3, 0.4) is 0 Å². The Balaban J connectivity index is 1.43. The first-order valence-electron chi connectivity index (χ1n) is 10.2. The molecule has 1 unspecified atom stereocenters. The van der Waals surface area contributed by atoms with Crippen LogP contribution in [-0.2, 0) is 0 Å². The van der Waals surface area contributed by atoms with Gasteiger partial charge in [-0.15, -0.1) is 18.3 Å². The molecule has 1 saturated heterocycles. The lowest BCUT2D eigenvalue weighted by Gasteiger charge is -2.19. The Morgan fingerprint density at radius 2 is 1.92 bits per heavy atom. The lowest BCUT2D eigenvalue weighted by molar-refractivity contribution is -0.274. The molecule has 1 atom stereocenters. The zero-order chi connectivity index (χ0) is 25.7. The van der Waals surface area contributed by atoms with Crippen LogP contribution in [-0.4, -0.2) is 60.6 Å². The van der Waals surface area contributed by atoms with E-state index in [0.717, 1.165) is 22.8 Å². The molecule has 1 aliphatic rings. The van der Waals surface area contributed by atoms with Gasteiger partial charge in [0.2, 0.25) is 5.88 Å². The van der Waals surface area contributed by atoms with Crippen LogP contribution in [0.1, 0.15) is 0 Å². The fourth-order valence-corrected chi connectivity index (χ4v) is 3.67. The van der Waals surface area contributed by atoms with Crippen LogP contribution >= 0.6 is 0 Å². The van der Waals surface area contributed by atoms with E-state index in [0.29, 0.717) is 6.20 Å².